The van der Waals surface area contributed by atoms with Crippen LogP contribution in [0, 0.1) is 0 Å². The van der Waals surface area contributed by atoms with Crippen molar-refractivity contribution in [2.75, 3.05) is 0 Å². The number of benzene rings is 1. The van der Waals surface area contributed by atoms with Gasteiger partial charge in [0.2, 0.25) is 0 Å². The Labute approximate surface area is 71.2 Å². The number of nitrogens with zero attached hydrogens (tertiary/aromatic N) is 1. The maximum absolute atomic E-state index is 5.06. The molecule has 2 heteroatoms. The quantitative estimate of drug-likeness (QED) is 0.642. The molecule has 2 nitrogen and oxygen atoms in total. The Morgan fingerprint density at radius 3 is 2.92 bits per heavy atom. The summed E-state index contributed by atoms with van der Waals surface area (Å²) in [5.41, 5.74) is 2.17. The van der Waals surface area contributed by atoms with Crippen LogP contribution in [0.1, 0.15) is 25.3 Å². The second-order valence-electron chi connectivity index (χ2n) is 3.28. The van der Waals surface area contributed by atoms with Crippen LogP contribution in [0.2, 0.25) is 0 Å². The summed E-state index contributed by atoms with van der Waals surface area (Å²) in [5, 5.41) is 4.80. The van der Waals surface area contributed by atoms with Crippen molar-refractivity contribution in [3.05, 3.63) is 30.0 Å². The van der Waals surface area contributed by atoms with E-state index in [1.54, 1.807) is 6.20 Å². The molecule has 1 heterocycles. The van der Waals surface area contributed by atoms with Crippen molar-refractivity contribution in [1.29, 1.82) is 0 Å². The second-order valence-corrected chi connectivity index (χ2v) is 3.28. The summed E-state index contributed by atoms with van der Waals surface area (Å²) in [6.45, 7) is 4.33. The van der Waals surface area contributed by atoms with Gasteiger partial charge in [-0.3, -0.25) is 0 Å². The predicted octanol–water partition coefficient (Wildman–Crippen LogP) is 2.95. The Morgan fingerprint density at radius 2 is 2.17 bits per heavy atom. The van der Waals surface area contributed by atoms with Crippen molar-refractivity contribution in [3.63, 3.8) is 0 Å². The molecule has 0 N–H and O–H groups in total. The smallest absolute Gasteiger partial charge is 0.167 e. The second kappa shape index (κ2) is 2.63. The van der Waals surface area contributed by atoms with Crippen molar-refractivity contribution >= 4 is 11.0 Å². The zero-order chi connectivity index (χ0) is 8.55. The fourth-order valence-electron chi connectivity index (χ4n) is 1.24. The molecule has 0 bridgehead atoms. The van der Waals surface area contributed by atoms with Gasteiger partial charge in [0.25, 0.3) is 0 Å². The monoisotopic (exact) mass is 161 g/mol. The Balaban J connectivity index is 2.60. The number of rotatable bonds is 1. The van der Waals surface area contributed by atoms with Crippen LogP contribution in [-0.4, -0.2) is 5.16 Å². The molecule has 12 heavy (non-hydrogen) atoms. The number of hydrogen-bond acceptors (Lipinski definition) is 2. The van der Waals surface area contributed by atoms with Gasteiger partial charge in [0.1, 0.15) is 0 Å². The van der Waals surface area contributed by atoms with E-state index in [9.17, 15) is 0 Å². The van der Waals surface area contributed by atoms with Crippen LogP contribution < -0.4 is 0 Å². The van der Waals surface area contributed by atoms with E-state index >= 15 is 0 Å². The third-order valence-corrected chi connectivity index (χ3v) is 2.05. The van der Waals surface area contributed by atoms with Crippen molar-refractivity contribution < 1.29 is 4.52 Å². The average Bonchev–Trinajstić information content (AvgIpc) is 2.49. The molecule has 2 rings (SSSR count). The summed E-state index contributed by atoms with van der Waals surface area (Å²) in [7, 11) is 0. The maximum Gasteiger partial charge on any atom is 0.167 e. The van der Waals surface area contributed by atoms with Gasteiger partial charge in [0.15, 0.2) is 5.58 Å². The summed E-state index contributed by atoms with van der Waals surface area (Å²) < 4.78 is 5.06. The summed E-state index contributed by atoms with van der Waals surface area (Å²) in [5.74, 6) is 0.541. The van der Waals surface area contributed by atoms with E-state index in [0.29, 0.717) is 5.92 Å². The molecule has 1 aromatic heterocycles. The Kier molecular flexibility index (Phi) is 1.61. The van der Waals surface area contributed by atoms with Gasteiger partial charge in [0, 0.05) is 5.39 Å². The number of fused-ring (bicyclic) bond motifs is 1. The fourth-order valence-corrected chi connectivity index (χ4v) is 1.24. The fraction of sp³-hybridized carbons (Fsp3) is 0.300. The number of hydrogen-bond donors (Lipinski definition) is 0. The highest BCUT2D eigenvalue weighted by Crippen LogP contribution is 2.20. The zero-order valence-electron chi connectivity index (χ0n) is 7.24. The minimum Gasteiger partial charge on any atom is -0.356 e. The molecular formula is C10H11NO. The van der Waals surface area contributed by atoms with E-state index in [2.05, 4.69) is 25.1 Å². The van der Waals surface area contributed by atoms with Gasteiger partial charge in [-0.25, -0.2) is 0 Å². The molecule has 62 valence electrons. The van der Waals surface area contributed by atoms with Crippen LogP contribution in [0.15, 0.2) is 28.9 Å². The molecule has 0 atom stereocenters. The lowest BCUT2D eigenvalue weighted by Crippen LogP contribution is -1.84. The topological polar surface area (TPSA) is 26.0 Å². The van der Waals surface area contributed by atoms with Crippen molar-refractivity contribution in [2.45, 2.75) is 19.8 Å². The van der Waals surface area contributed by atoms with Crippen LogP contribution in [-0.2, 0) is 0 Å². The standard InChI is InChI=1S/C10H11NO/c1-7(2)8-3-4-9-6-11-12-10(9)5-8/h3-7H,1-2H3. The summed E-state index contributed by atoms with van der Waals surface area (Å²) in [6.07, 6.45) is 1.74. The molecule has 0 amide bonds. The summed E-state index contributed by atoms with van der Waals surface area (Å²) in [4.78, 5) is 0. The highest BCUT2D eigenvalue weighted by Gasteiger charge is 2.02. The predicted molar refractivity (Wildman–Crippen MR) is 48.1 cm³/mol. The van der Waals surface area contributed by atoms with E-state index in [4.69, 9.17) is 4.52 Å². The van der Waals surface area contributed by atoms with E-state index in [-0.39, 0.29) is 0 Å². The van der Waals surface area contributed by atoms with Gasteiger partial charge in [0.05, 0.1) is 6.20 Å². The molecule has 1 aromatic carbocycles. The maximum atomic E-state index is 5.06. The molecule has 0 fully saturated rings. The first-order valence-corrected chi connectivity index (χ1v) is 4.11. The molecule has 0 spiro atoms. The third kappa shape index (κ3) is 1.09. The molecule has 0 radical (unpaired) electrons. The SMILES string of the molecule is CC(C)c1ccc2cnoc2c1. The minimum absolute atomic E-state index is 0.541. The molecule has 0 saturated carbocycles. The lowest BCUT2D eigenvalue weighted by molar-refractivity contribution is 0.456. The zero-order valence-corrected chi connectivity index (χ0v) is 7.24. The van der Waals surface area contributed by atoms with Gasteiger partial charge in [-0.2, -0.15) is 0 Å². The molecule has 0 aliphatic rings. The molecule has 0 saturated heterocycles. The van der Waals surface area contributed by atoms with Crippen molar-refractivity contribution in [2.24, 2.45) is 0 Å². The Morgan fingerprint density at radius 1 is 1.33 bits per heavy atom. The third-order valence-electron chi connectivity index (χ3n) is 2.05. The van der Waals surface area contributed by atoms with Gasteiger partial charge in [-0.05, 0) is 23.6 Å². The van der Waals surface area contributed by atoms with Gasteiger partial charge >= 0.3 is 0 Å². The average molecular weight is 161 g/mol. The van der Waals surface area contributed by atoms with Crippen LogP contribution >= 0.6 is 0 Å². The summed E-state index contributed by atoms with van der Waals surface area (Å²) in [6, 6.07) is 6.21. The summed E-state index contributed by atoms with van der Waals surface area (Å²) >= 11 is 0. The first kappa shape index (κ1) is 7.35. The molecule has 0 aliphatic heterocycles. The van der Waals surface area contributed by atoms with E-state index in [0.717, 1.165) is 11.0 Å². The first-order chi connectivity index (χ1) is 5.77. The van der Waals surface area contributed by atoms with Crippen LogP contribution in [0.4, 0.5) is 0 Å². The van der Waals surface area contributed by atoms with E-state index < -0.39 is 0 Å². The highest BCUT2D eigenvalue weighted by molar-refractivity contribution is 5.76. The highest BCUT2D eigenvalue weighted by atomic mass is 16.5. The Hall–Kier alpha value is -1.31. The molecule has 2 aromatic rings. The van der Waals surface area contributed by atoms with E-state index in [1.165, 1.54) is 5.56 Å². The van der Waals surface area contributed by atoms with E-state index in [1.807, 2.05) is 12.1 Å². The molecule has 0 aliphatic carbocycles. The van der Waals surface area contributed by atoms with Crippen molar-refractivity contribution in [3.8, 4) is 0 Å². The lowest BCUT2D eigenvalue weighted by atomic mass is 10.0. The van der Waals surface area contributed by atoms with Crippen LogP contribution in [0.25, 0.3) is 11.0 Å². The number of aromatic nitrogens is 1. The lowest BCUT2D eigenvalue weighted by Gasteiger charge is -2.02. The normalized spacial score (nSPS) is 11.2. The minimum atomic E-state index is 0.541. The molecule has 0 unspecified atom stereocenters. The largest absolute Gasteiger partial charge is 0.356 e. The first-order valence-electron chi connectivity index (χ1n) is 4.11. The van der Waals surface area contributed by atoms with Gasteiger partial charge in [-0.1, -0.05) is 25.1 Å². The van der Waals surface area contributed by atoms with Crippen LogP contribution in [0.5, 0.6) is 0 Å². The van der Waals surface area contributed by atoms with Crippen LogP contribution in [0.3, 0.4) is 0 Å². The van der Waals surface area contributed by atoms with Gasteiger partial charge in [-0.15, -0.1) is 0 Å². The van der Waals surface area contributed by atoms with Gasteiger partial charge < -0.3 is 4.52 Å². The Bertz CT molecular complexity index is 389. The van der Waals surface area contributed by atoms with Crippen molar-refractivity contribution in [1.82, 2.24) is 5.16 Å². The molecular weight excluding hydrogens is 150 g/mol.